The van der Waals surface area contributed by atoms with Gasteiger partial charge in [0, 0.05) is 11.6 Å². The van der Waals surface area contributed by atoms with Crippen molar-refractivity contribution in [2.75, 3.05) is 13.1 Å². The molecular formula is C16H22N2. The monoisotopic (exact) mass is 242 g/mol. The summed E-state index contributed by atoms with van der Waals surface area (Å²) in [6.45, 7) is 6.64. The van der Waals surface area contributed by atoms with Crippen LogP contribution in [0.4, 0.5) is 0 Å². The molecule has 0 aliphatic heterocycles. The molecule has 0 bridgehead atoms. The number of fused-ring (bicyclic) bond motifs is 1. The van der Waals surface area contributed by atoms with Gasteiger partial charge in [-0.05, 0) is 49.5 Å². The molecule has 0 aliphatic rings. The van der Waals surface area contributed by atoms with Gasteiger partial charge in [0.2, 0.25) is 0 Å². The molecule has 2 rings (SSSR count). The Bertz CT molecular complexity index is 488. The fourth-order valence-electron chi connectivity index (χ4n) is 2.27. The maximum Gasteiger partial charge on any atom is 0.0704 e. The van der Waals surface area contributed by atoms with Crippen LogP contribution in [0.3, 0.4) is 0 Å². The maximum absolute atomic E-state index is 4.41. The summed E-state index contributed by atoms with van der Waals surface area (Å²) in [5.74, 6) is 0.719. The standard InChI is InChI=1S/C16H22N2/c1-3-17-12-13(2)8-9-14-10-11-18-16-7-5-4-6-15(14)16/h4-7,10-11,13,17H,3,8-9,12H2,1-2H3. The number of hydrogen-bond acceptors (Lipinski definition) is 2. The Morgan fingerprint density at radius 3 is 2.89 bits per heavy atom. The second-order valence-electron chi connectivity index (χ2n) is 4.94. The topological polar surface area (TPSA) is 24.9 Å². The number of rotatable bonds is 6. The number of aromatic nitrogens is 1. The lowest BCUT2D eigenvalue weighted by Gasteiger charge is -2.12. The number of para-hydroxylation sites is 1. The van der Waals surface area contributed by atoms with Crippen LogP contribution >= 0.6 is 0 Å². The summed E-state index contributed by atoms with van der Waals surface area (Å²) in [6, 6.07) is 10.6. The Balaban J connectivity index is 2.03. The van der Waals surface area contributed by atoms with Gasteiger partial charge in [-0.2, -0.15) is 0 Å². The number of nitrogens with one attached hydrogen (secondary N) is 1. The number of pyridine rings is 1. The van der Waals surface area contributed by atoms with E-state index in [9.17, 15) is 0 Å². The molecule has 0 radical (unpaired) electrons. The Labute approximate surface area is 109 Å². The third-order valence-electron chi connectivity index (χ3n) is 3.39. The molecule has 96 valence electrons. The summed E-state index contributed by atoms with van der Waals surface area (Å²) in [6.07, 6.45) is 4.28. The Morgan fingerprint density at radius 1 is 1.22 bits per heavy atom. The van der Waals surface area contributed by atoms with Crippen molar-refractivity contribution >= 4 is 10.9 Å². The van der Waals surface area contributed by atoms with Crippen molar-refractivity contribution in [1.82, 2.24) is 10.3 Å². The van der Waals surface area contributed by atoms with E-state index < -0.39 is 0 Å². The molecule has 1 aromatic heterocycles. The van der Waals surface area contributed by atoms with Crippen LogP contribution < -0.4 is 5.32 Å². The number of benzene rings is 1. The fraction of sp³-hybridized carbons (Fsp3) is 0.438. The zero-order valence-electron chi connectivity index (χ0n) is 11.3. The van der Waals surface area contributed by atoms with Crippen LogP contribution in [0.15, 0.2) is 36.5 Å². The lowest BCUT2D eigenvalue weighted by molar-refractivity contribution is 0.490. The van der Waals surface area contributed by atoms with Crippen molar-refractivity contribution in [3.05, 3.63) is 42.1 Å². The molecule has 2 nitrogen and oxygen atoms in total. The minimum absolute atomic E-state index is 0.719. The quantitative estimate of drug-likeness (QED) is 0.839. The molecule has 1 heterocycles. The Morgan fingerprint density at radius 2 is 2.06 bits per heavy atom. The van der Waals surface area contributed by atoms with Crippen LogP contribution in [0.25, 0.3) is 10.9 Å². The van der Waals surface area contributed by atoms with E-state index in [-0.39, 0.29) is 0 Å². The first-order chi connectivity index (χ1) is 8.81. The summed E-state index contributed by atoms with van der Waals surface area (Å²) in [5.41, 5.74) is 2.53. The van der Waals surface area contributed by atoms with Crippen molar-refractivity contribution in [2.45, 2.75) is 26.7 Å². The van der Waals surface area contributed by atoms with E-state index >= 15 is 0 Å². The highest BCUT2D eigenvalue weighted by Crippen LogP contribution is 2.19. The Kier molecular flexibility index (Phi) is 4.71. The Hall–Kier alpha value is -1.41. The van der Waals surface area contributed by atoms with Gasteiger partial charge >= 0.3 is 0 Å². The van der Waals surface area contributed by atoms with Crippen molar-refractivity contribution in [1.29, 1.82) is 0 Å². The van der Waals surface area contributed by atoms with Crippen molar-refractivity contribution in [3.8, 4) is 0 Å². The minimum Gasteiger partial charge on any atom is -0.317 e. The molecule has 0 aliphatic carbocycles. The van der Waals surface area contributed by atoms with Gasteiger partial charge in [0.1, 0.15) is 0 Å². The van der Waals surface area contributed by atoms with Gasteiger partial charge in [0.25, 0.3) is 0 Å². The molecule has 0 saturated carbocycles. The van der Waals surface area contributed by atoms with E-state index in [1.165, 1.54) is 17.4 Å². The predicted octanol–water partition coefficient (Wildman–Crippen LogP) is 3.41. The smallest absolute Gasteiger partial charge is 0.0704 e. The van der Waals surface area contributed by atoms with Crippen LogP contribution in [0.1, 0.15) is 25.8 Å². The lowest BCUT2D eigenvalue weighted by atomic mass is 9.98. The van der Waals surface area contributed by atoms with Gasteiger partial charge in [-0.3, -0.25) is 4.98 Å². The summed E-state index contributed by atoms with van der Waals surface area (Å²) < 4.78 is 0. The van der Waals surface area contributed by atoms with E-state index in [2.05, 4.69) is 48.4 Å². The molecule has 2 heteroatoms. The summed E-state index contributed by atoms with van der Waals surface area (Å²) in [4.78, 5) is 4.41. The highest BCUT2D eigenvalue weighted by molar-refractivity contribution is 5.81. The highest BCUT2D eigenvalue weighted by atomic mass is 14.8. The van der Waals surface area contributed by atoms with Gasteiger partial charge in [0.15, 0.2) is 0 Å². The largest absolute Gasteiger partial charge is 0.317 e. The van der Waals surface area contributed by atoms with Crippen LogP contribution in [0.2, 0.25) is 0 Å². The molecule has 1 N–H and O–H groups in total. The molecule has 1 unspecified atom stereocenters. The van der Waals surface area contributed by atoms with Gasteiger partial charge in [-0.15, -0.1) is 0 Å². The lowest BCUT2D eigenvalue weighted by Crippen LogP contribution is -2.20. The molecule has 2 aromatic rings. The normalized spacial score (nSPS) is 12.8. The first-order valence-corrected chi connectivity index (χ1v) is 6.84. The third-order valence-corrected chi connectivity index (χ3v) is 3.39. The molecule has 1 atom stereocenters. The van der Waals surface area contributed by atoms with E-state index in [1.807, 2.05) is 12.3 Å². The summed E-state index contributed by atoms with van der Waals surface area (Å²) in [5, 5.41) is 4.71. The zero-order chi connectivity index (χ0) is 12.8. The van der Waals surface area contributed by atoms with Gasteiger partial charge in [0.05, 0.1) is 5.52 Å². The van der Waals surface area contributed by atoms with E-state index in [1.54, 1.807) is 0 Å². The first kappa shape index (κ1) is 13.0. The predicted molar refractivity (Wildman–Crippen MR) is 77.8 cm³/mol. The minimum atomic E-state index is 0.719. The highest BCUT2D eigenvalue weighted by Gasteiger charge is 2.05. The van der Waals surface area contributed by atoms with Crippen LogP contribution in [0.5, 0.6) is 0 Å². The average molecular weight is 242 g/mol. The SMILES string of the molecule is CCNCC(C)CCc1ccnc2ccccc12. The van der Waals surface area contributed by atoms with Gasteiger partial charge in [-0.1, -0.05) is 32.0 Å². The molecule has 0 saturated heterocycles. The van der Waals surface area contributed by atoms with Crippen molar-refractivity contribution in [3.63, 3.8) is 0 Å². The third kappa shape index (κ3) is 3.30. The maximum atomic E-state index is 4.41. The average Bonchev–Trinajstić information content (AvgIpc) is 2.42. The summed E-state index contributed by atoms with van der Waals surface area (Å²) in [7, 11) is 0. The van der Waals surface area contributed by atoms with Crippen LogP contribution in [-0.4, -0.2) is 18.1 Å². The van der Waals surface area contributed by atoms with Crippen LogP contribution in [0, 0.1) is 5.92 Å². The molecule has 18 heavy (non-hydrogen) atoms. The van der Waals surface area contributed by atoms with Gasteiger partial charge in [-0.25, -0.2) is 0 Å². The molecular weight excluding hydrogens is 220 g/mol. The van der Waals surface area contributed by atoms with Crippen molar-refractivity contribution in [2.24, 2.45) is 5.92 Å². The van der Waals surface area contributed by atoms with Crippen molar-refractivity contribution < 1.29 is 0 Å². The first-order valence-electron chi connectivity index (χ1n) is 6.84. The number of hydrogen-bond donors (Lipinski definition) is 1. The molecule has 0 spiro atoms. The second kappa shape index (κ2) is 6.50. The number of nitrogens with zero attached hydrogens (tertiary/aromatic N) is 1. The zero-order valence-corrected chi connectivity index (χ0v) is 11.3. The molecule has 1 aromatic carbocycles. The van der Waals surface area contributed by atoms with Gasteiger partial charge < -0.3 is 5.32 Å². The fourth-order valence-corrected chi connectivity index (χ4v) is 2.27. The van der Waals surface area contributed by atoms with E-state index in [4.69, 9.17) is 0 Å². The molecule has 0 amide bonds. The second-order valence-corrected chi connectivity index (χ2v) is 4.94. The van der Waals surface area contributed by atoms with E-state index in [0.717, 1.165) is 30.9 Å². The van der Waals surface area contributed by atoms with Crippen LogP contribution in [-0.2, 0) is 6.42 Å². The number of aryl methyl sites for hydroxylation is 1. The summed E-state index contributed by atoms with van der Waals surface area (Å²) >= 11 is 0. The molecule has 0 fully saturated rings. The van der Waals surface area contributed by atoms with E-state index in [0.29, 0.717) is 0 Å².